The lowest BCUT2D eigenvalue weighted by Crippen LogP contribution is -2.27. The van der Waals surface area contributed by atoms with Crippen molar-refractivity contribution < 1.29 is 14.3 Å². The summed E-state index contributed by atoms with van der Waals surface area (Å²) < 4.78 is 5.28. The van der Waals surface area contributed by atoms with Gasteiger partial charge in [-0.15, -0.1) is 0 Å². The van der Waals surface area contributed by atoms with E-state index in [1.165, 1.54) is 0 Å². The highest BCUT2D eigenvalue weighted by Crippen LogP contribution is 2.31. The molecule has 1 aliphatic heterocycles. The van der Waals surface area contributed by atoms with Gasteiger partial charge in [-0.05, 0) is 36.4 Å². The monoisotopic (exact) mass is 293 g/mol. The van der Waals surface area contributed by atoms with Crippen molar-refractivity contribution in [3.05, 3.63) is 53.6 Å². The van der Waals surface area contributed by atoms with Crippen molar-refractivity contribution in [2.75, 3.05) is 17.2 Å². The molecule has 6 nitrogen and oxygen atoms in total. The Morgan fingerprint density at radius 1 is 1.23 bits per heavy atom. The van der Waals surface area contributed by atoms with E-state index >= 15 is 0 Å². The van der Waals surface area contributed by atoms with Gasteiger partial charge in [-0.3, -0.25) is 9.59 Å². The second-order valence-corrected chi connectivity index (χ2v) is 4.66. The Hall–Kier alpha value is -3.33. The lowest BCUT2D eigenvalue weighted by molar-refractivity contribution is -0.118. The first kappa shape index (κ1) is 13.6. The smallest absolute Gasteiger partial charge is 0.262 e. The van der Waals surface area contributed by atoms with Crippen LogP contribution in [0, 0.1) is 11.3 Å². The van der Waals surface area contributed by atoms with Crippen molar-refractivity contribution in [3.63, 3.8) is 0 Å². The number of nitrogens with zero attached hydrogens (tertiary/aromatic N) is 1. The van der Waals surface area contributed by atoms with E-state index in [9.17, 15) is 9.59 Å². The average molecular weight is 293 g/mol. The summed E-state index contributed by atoms with van der Waals surface area (Å²) >= 11 is 0. The van der Waals surface area contributed by atoms with Gasteiger partial charge < -0.3 is 15.4 Å². The second-order valence-electron chi connectivity index (χ2n) is 4.66. The molecule has 2 aromatic rings. The van der Waals surface area contributed by atoms with Crippen LogP contribution in [0.15, 0.2) is 42.5 Å². The van der Waals surface area contributed by atoms with Gasteiger partial charge in [-0.2, -0.15) is 5.26 Å². The lowest BCUT2D eigenvalue weighted by atomic mass is 10.1. The summed E-state index contributed by atoms with van der Waals surface area (Å²) in [6.45, 7) is -0.0618. The number of nitriles is 1. The number of anilines is 2. The van der Waals surface area contributed by atoms with Gasteiger partial charge >= 0.3 is 0 Å². The molecule has 3 rings (SSSR count). The van der Waals surface area contributed by atoms with E-state index in [-0.39, 0.29) is 18.4 Å². The number of rotatable bonds is 2. The molecule has 1 aliphatic rings. The highest BCUT2D eigenvalue weighted by molar-refractivity contribution is 6.11. The van der Waals surface area contributed by atoms with Crippen LogP contribution in [0.5, 0.6) is 5.75 Å². The Balaban J connectivity index is 1.86. The molecule has 0 radical (unpaired) electrons. The SMILES string of the molecule is N#Cc1ccc(NC(=O)c2cccc3c2NC(=O)CO3)cc1. The summed E-state index contributed by atoms with van der Waals surface area (Å²) in [5, 5.41) is 14.1. The highest BCUT2D eigenvalue weighted by Gasteiger charge is 2.22. The standard InChI is InChI=1S/C16H11N3O3/c17-8-10-4-6-11(7-5-10)18-16(21)12-2-1-3-13-15(12)19-14(20)9-22-13/h1-7H,9H2,(H,18,21)(H,19,20). The van der Waals surface area contributed by atoms with Crippen molar-refractivity contribution in [2.24, 2.45) is 0 Å². The maximum atomic E-state index is 12.4. The Morgan fingerprint density at radius 2 is 2.00 bits per heavy atom. The number of carbonyl (C=O) groups excluding carboxylic acids is 2. The van der Waals surface area contributed by atoms with E-state index in [0.717, 1.165) is 0 Å². The normalized spacial score (nSPS) is 12.4. The third-order valence-electron chi connectivity index (χ3n) is 3.17. The van der Waals surface area contributed by atoms with Crippen LogP contribution in [0.1, 0.15) is 15.9 Å². The molecule has 2 aromatic carbocycles. The molecule has 0 saturated heterocycles. The Labute approximate surface area is 126 Å². The summed E-state index contributed by atoms with van der Waals surface area (Å²) in [6, 6.07) is 13.5. The van der Waals surface area contributed by atoms with Crippen LogP contribution in [0.2, 0.25) is 0 Å². The zero-order valence-electron chi connectivity index (χ0n) is 11.4. The molecule has 2 N–H and O–H groups in total. The number of ether oxygens (including phenoxy) is 1. The largest absolute Gasteiger partial charge is 0.482 e. The fourth-order valence-electron chi connectivity index (χ4n) is 2.11. The Morgan fingerprint density at radius 3 is 2.73 bits per heavy atom. The molecule has 0 aliphatic carbocycles. The number of amides is 2. The van der Waals surface area contributed by atoms with Crippen molar-refractivity contribution in [2.45, 2.75) is 0 Å². The van der Waals surface area contributed by atoms with Gasteiger partial charge in [0.1, 0.15) is 5.75 Å². The molecular formula is C16H11N3O3. The van der Waals surface area contributed by atoms with Crippen molar-refractivity contribution >= 4 is 23.2 Å². The van der Waals surface area contributed by atoms with Gasteiger partial charge in [0, 0.05) is 5.69 Å². The molecule has 2 amide bonds. The number of nitrogens with one attached hydrogen (secondary N) is 2. The molecule has 0 unspecified atom stereocenters. The second kappa shape index (κ2) is 5.58. The minimum atomic E-state index is -0.368. The van der Waals surface area contributed by atoms with Gasteiger partial charge in [0.25, 0.3) is 11.8 Å². The van der Waals surface area contributed by atoms with E-state index in [1.54, 1.807) is 42.5 Å². The van der Waals surface area contributed by atoms with Gasteiger partial charge in [-0.1, -0.05) is 6.07 Å². The van der Waals surface area contributed by atoms with Crippen LogP contribution in [0.3, 0.4) is 0 Å². The first-order valence-electron chi connectivity index (χ1n) is 6.54. The van der Waals surface area contributed by atoms with Crippen LogP contribution < -0.4 is 15.4 Å². The lowest BCUT2D eigenvalue weighted by Gasteiger charge is -2.20. The summed E-state index contributed by atoms with van der Waals surface area (Å²) in [5.41, 5.74) is 1.75. The third-order valence-corrected chi connectivity index (χ3v) is 3.17. The Kier molecular flexibility index (Phi) is 3.46. The van der Waals surface area contributed by atoms with Crippen molar-refractivity contribution in [1.82, 2.24) is 0 Å². The van der Waals surface area contributed by atoms with E-state index in [0.29, 0.717) is 28.3 Å². The number of hydrogen-bond donors (Lipinski definition) is 2. The van der Waals surface area contributed by atoms with Crippen molar-refractivity contribution in [3.8, 4) is 11.8 Å². The number of para-hydroxylation sites is 1. The summed E-state index contributed by atoms with van der Waals surface area (Å²) in [6.07, 6.45) is 0. The fourth-order valence-corrected chi connectivity index (χ4v) is 2.11. The molecule has 0 atom stereocenters. The summed E-state index contributed by atoms with van der Waals surface area (Å²) in [4.78, 5) is 23.8. The van der Waals surface area contributed by atoms with Crippen molar-refractivity contribution in [1.29, 1.82) is 5.26 Å². The molecule has 22 heavy (non-hydrogen) atoms. The predicted molar refractivity (Wildman–Crippen MR) is 79.7 cm³/mol. The first-order valence-corrected chi connectivity index (χ1v) is 6.54. The number of benzene rings is 2. The molecule has 6 heteroatoms. The Bertz CT molecular complexity index is 791. The van der Waals surface area contributed by atoms with Gasteiger partial charge in [-0.25, -0.2) is 0 Å². The fraction of sp³-hybridized carbons (Fsp3) is 0.0625. The number of hydrogen-bond acceptors (Lipinski definition) is 4. The summed E-state index contributed by atoms with van der Waals surface area (Å²) in [7, 11) is 0. The quantitative estimate of drug-likeness (QED) is 0.887. The average Bonchev–Trinajstić information content (AvgIpc) is 2.55. The minimum Gasteiger partial charge on any atom is -0.482 e. The molecule has 1 heterocycles. The maximum absolute atomic E-state index is 12.4. The third kappa shape index (κ3) is 2.60. The van der Waals surface area contributed by atoms with E-state index in [4.69, 9.17) is 10.00 Å². The van der Waals surface area contributed by atoms with E-state index < -0.39 is 0 Å². The van der Waals surface area contributed by atoms with Crippen LogP contribution >= 0.6 is 0 Å². The number of fused-ring (bicyclic) bond motifs is 1. The molecule has 0 saturated carbocycles. The maximum Gasteiger partial charge on any atom is 0.262 e. The number of carbonyl (C=O) groups is 2. The molecule has 0 aromatic heterocycles. The topological polar surface area (TPSA) is 91.2 Å². The van der Waals surface area contributed by atoms with E-state index in [2.05, 4.69) is 10.6 Å². The molecule has 108 valence electrons. The first-order chi connectivity index (χ1) is 10.7. The van der Waals surface area contributed by atoms with Crippen LogP contribution in [0.25, 0.3) is 0 Å². The van der Waals surface area contributed by atoms with Crippen LogP contribution in [-0.4, -0.2) is 18.4 Å². The molecule has 0 fully saturated rings. The van der Waals surface area contributed by atoms with E-state index in [1.807, 2.05) is 6.07 Å². The van der Waals surface area contributed by atoms with Gasteiger partial charge in [0.15, 0.2) is 6.61 Å². The minimum absolute atomic E-state index is 0.0618. The summed E-state index contributed by atoms with van der Waals surface area (Å²) in [5.74, 6) is -0.203. The molecule has 0 spiro atoms. The molecular weight excluding hydrogens is 282 g/mol. The van der Waals surface area contributed by atoms with Gasteiger partial charge in [0.05, 0.1) is 22.9 Å². The van der Waals surface area contributed by atoms with Crippen LogP contribution in [0.4, 0.5) is 11.4 Å². The van der Waals surface area contributed by atoms with Gasteiger partial charge in [0.2, 0.25) is 0 Å². The zero-order chi connectivity index (χ0) is 15.5. The highest BCUT2D eigenvalue weighted by atomic mass is 16.5. The molecule has 0 bridgehead atoms. The van der Waals surface area contributed by atoms with Crippen LogP contribution in [-0.2, 0) is 4.79 Å². The predicted octanol–water partition coefficient (Wildman–Crippen LogP) is 2.14. The zero-order valence-corrected chi connectivity index (χ0v) is 11.4.